The first-order chi connectivity index (χ1) is 21.7. The van der Waals surface area contributed by atoms with Gasteiger partial charge in [-0.15, -0.1) is 12.4 Å². The van der Waals surface area contributed by atoms with E-state index in [1.807, 2.05) is 0 Å². The van der Waals surface area contributed by atoms with Crippen molar-refractivity contribution >= 4 is 12.4 Å². The molecule has 0 amide bonds. The minimum absolute atomic E-state index is 0. The third-order valence-corrected chi connectivity index (χ3v) is 13.4. The minimum Gasteiger partial charge on any atom is -0.147 e. The van der Waals surface area contributed by atoms with E-state index in [1.165, 1.54) is 206 Å². The Morgan fingerprint density at radius 3 is 0.978 bits per heavy atom. The molecule has 0 heterocycles. The average Bonchev–Trinajstić information content (AvgIpc) is 3.04. The molecule has 0 aliphatic heterocycles. The minimum atomic E-state index is -2.03. The Balaban J connectivity index is 0. The van der Waals surface area contributed by atoms with Gasteiger partial charge in [-0.25, -0.2) is 0 Å². The largest absolute Gasteiger partial charge is 0.147 e. The van der Waals surface area contributed by atoms with E-state index >= 15 is 0 Å². The van der Waals surface area contributed by atoms with Crippen LogP contribution in [0, 0.1) is 5.92 Å². The van der Waals surface area contributed by atoms with Crippen LogP contribution in [-0.2, 0) is 22.1 Å². The summed E-state index contributed by atoms with van der Waals surface area (Å²) in [4.78, 5) is 0. The summed E-state index contributed by atoms with van der Waals surface area (Å²) in [5.74, 6) is 0.743. The maximum absolute atomic E-state index is 7.32. The quantitative estimate of drug-likeness (QED) is 0.0476. The third kappa shape index (κ3) is 30.7. The van der Waals surface area contributed by atoms with Gasteiger partial charge in [0.2, 0.25) is 0 Å². The molecule has 0 aromatic carbocycles. The number of rotatable bonds is 37. The van der Waals surface area contributed by atoms with Gasteiger partial charge in [0, 0.05) is 0 Å². The Labute approximate surface area is 299 Å². The molecule has 5 heteroatoms. The zero-order chi connectivity index (χ0) is 32.4. The van der Waals surface area contributed by atoms with Gasteiger partial charge in [-0.05, 0) is 0 Å². The second-order valence-electron chi connectivity index (χ2n) is 14.1. The number of hydrogen-bond donors (Lipinski definition) is 0. The van der Waals surface area contributed by atoms with E-state index in [2.05, 4.69) is 48.3 Å². The number of hydrogen-bond acceptors (Lipinski definition) is 3. The van der Waals surface area contributed by atoms with E-state index in [1.54, 1.807) is 0 Å². The predicted octanol–water partition coefficient (Wildman–Crippen LogP) is 14.1. The number of nitrogens with zero attached hydrogens (tertiary/aromatic N) is 2. The maximum atomic E-state index is 7.32. The van der Waals surface area contributed by atoms with Crippen LogP contribution in [0.1, 0.15) is 221 Å². The summed E-state index contributed by atoms with van der Waals surface area (Å²) in [6.07, 6.45) is 38.8. The molecule has 3 nitrogen and oxygen atoms in total. The number of unbranched alkanes of at least 4 members (excludes halogenated alkanes) is 21. The van der Waals surface area contributed by atoms with E-state index in [4.69, 9.17) is 3.32 Å². The summed E-state index contributed by atoms with van der Waals surface area (Å²) in [6.45, 7) is 20.2. The molecule has 0 radical (unpaired) electrons. The molecule has 0 rings (SSSR count). The van der Waals surface area contributed by atoms with Crippen molar-refractivity contribution in [3.05, 3.63) is 0 Å². The smallest absolute Gasteiger partial charge is 0.147 e. The fourth-order valence-corrected chi connectivity index (χ4v) is 10.4. The van der Waals surface area contributed by atoms with Gasteiger partial charge >= 0.3 is 289 Å². The molecule has 0 fully saturated rings. The van der Waals surface area contributed by atoms with Gasteiger partial charge < -0.3 is 0 Å². The summed E-state index contributed by atoms with van der Waals surface area (Å²) in [6, 6.07) is 0. The summed E-state index contributed by atoms with van der Waals surface area (Å²) in [5.41, 5.74) is 0. The fraction of sp³-hybridized carbons (Fsp3) is 1.00. The first kappa shape index (κ1) is 48.0. The average molecular weight is 694 g/mol. The summed E-state index contributed by atoms with van der Waals surface area (Å²) >= 11 is -2.03. The molecule has 0 bridgehead atoms. The zero-order valence-electron chi connectivity index (χ0n) is 32.1. The van der Waals surface area contributed by atoms with Crippen LogP contribution in [0.4, 0.5) is 0 Å². The van der Waals surface area contributed by atoms with Crippen LogP contribution >= 0.6 is 12.4 Å². The van der Waals surface area contributed by atoms with Gasteiger partial charge in [-0.1, -0.05) is 0 Å². The van der Waals surface area contributed by atoms with Crippen molar-refractivity contribution in [2.45, 2.75) is 221 Å². The maximum Gasteiger partial charge on any atom is -0.147 e. The van der Waals surface area contributed by atoms with Gasteiger partial charge in [0.05, 0.1) is 0 Å². The van der Waals surface area contributed by atoms with Crippen LogP contribution in [0.5, 0.6) is 0 Å². The topological polar surface area (TPSA) is 15.7 Å². The second-order valence-corrected chi connectivity index (χ2v) is 17.4. The van der Waals surface area contributed by atoms with Crippen molar-refractivity contribution in [3.63, 3.8) is 0 Å². The molecule has 0 aliphatic rings. The van der Waals surface area contributed by atoms with E-state index < -0.39 is 18.8 Å². The van der Waals surface area contributed by atoms with Crippen LogP contribution in [0.15, 0.2) is 0 Å². The van der Waals surface area contributed by atoms with Crippen molar-refractivity contribution in [3.8, 4) is 0 Å². The first-order valence-electron chi connectivity index (χ1n) is 20.7. The Hall–Kier alpha value is 0.884. The zero-order valence-corrected chi connectivity index (χ0v) is 34.5. The van der Waals surface area contributed by atoms with Gasteiger partial charge in [0.25, 0.3) is 0 Å². The predicted molar refractivity (Wildman–Crippen MR) is 203 cm³/mol. The van der Waals surface area contributed by atoms with E-state index in [9.17, 15) is 0 Å². The fourth-order valence-electron chi connectivity index (χ4n) is 6.41. The van der Waals surface area contributed by atoms with Crippen molar-refractivity contribution in [1.29, 1.82) is 0 Å². The van der Waals surface area contributed by atoms with E-state index in [0.29, 0.717) is 0 Å². The molecule has 45 heavy (non-hydrogen) atoms. The Morgan fingerprint density at radius 1 is 0.400 bits per heavy atom. The van der Waals surface area contributed by atoms with E-state index in [-0.39, 0.29) is 12.4 Å². The van der Waals surface area contributed by atoms with Crippen LogP contribution in [0.2, 0.25) is 0 Å². The molecule has 0 saturated heterocycles. The van der Waals surface area contributed by atoms with Crippen LogP contribution in [0.3, 0.4) is 0 Å². The van der Waals surface area contributed by atoms with Crippen LogP contribution < -0.4 is 0 Å². The Bertz CT molecular complexity index is 472. The van der Waals surface area contributed by atoms with Crippen molar-refractivity contribution in [2.75, 3.05) is 32.8 Å². The summed E-state index contributed by atoms with van der Waals surface area (Å²) < 4.78 is 13.3. The molecule has 0 aliphatic carbocycles. The van der Waals surface area contributed by atoms with Crippen molar-refractivity contribution in [1.82, 2.24) is 6.76 Å². The molecule has 1 unspecified atom stereocenters. The van der Waals surface area contributed by atoms with Gasteiger partial charge in [-0.3, -0.25) is 0 Å². The summed E-state index contributed by atoms with van der Waals surface area (Å²) in [5, 5.41) is 0. The Kier molecular flexibility index (Phi) is 41.9. The normalized spacial score (nSPS) is 12.3. The van der Waals surface area contributed by atoms with Crippen LogP contribution in [-0.4, -0.2) is 39.5 Å². The summed E-state index contributed by atoms with van der Waals surface area (Å²) in [7, 11) is 0. The molecule has 0 saturated carbocycles. The molecule has 0 aromatic rings. The second kappa shape index (κ2) is 39.3. The van der Waals surface area contributed by atoms with Crippen LogP contribution in [0.25, 0.3) is 0 Å². The van der Waals surface area contributed by atoms with Gasteiger partial charge in [0.15, 0.2) is 0 Å². The molecular weight excluding hydrogens is 608 g/mol. The molecule has 0 aromatic heterocycles. The van der Waals surface area contributed by atoms with Gasteiger partial charge in [-0.2, -0.15) is 0 Å². The molecular formula is C40H86ClN2OTi. The standard InChI is InChI=1S/2C16H34N.C8H17O.ClH.Ti/c2*1-3-5-7-9-11-13-15-17-16-14-12-10-8-6-4-2;1-3-5-6-8(4-2)7-9;;/h2*3-16H2,1-2H3;8H,3-7H2,1-2H3;1H;/q3*-1;;+3. The van der Waals surface area contributed by atoms with Crippen molar-refractivity contribution < 1.29 is 22.1 Å². The molecule has 1 atom stereocenters. The third-order valence-electron chi connectivity index (χ3n) is 9.66. The Morgan fingerprint density at radius 2 is 0.689 bits per heavy atom. The van der Waals surface area contributed by atoms with E-state index in [0.717, 1.165) is 12.5 Å². The molecule has 273 valence electrons. The van der Waals surface area contributed by atoms with Gasteiger partial charge in [0.1, 0.15) is 0 Å². The number of halogens is 1. The van der Waals surface area contributed by atoms with Crippen molar-refractivity contribution in [2.24, 2.45) is 5.92 Å². The first-order valence-corrected chi connectivity index (χ1v) is 22.7. The molecule has 0 N–H and O–H groups in total. The SMILES string of the molecule is CCCCCCCC[N](CCCCCCCC)[Ti]([O]CC(CC)CCCC)[N](CCCCCCCC)CCCCCCCC.Cl. The molecule has 0 spiro atoms. The monoisotopic (exact) mass is 694 g/mol.